The molecule has 2 aromatic rings. The van der Waals surface area contributed by atoms with Gasteiger partial charge in [-0.25, -0.2) is 9.97 Å². The van der Waals surface area contributed by atoms with Gasteiger partial charge in [-0.3, -0.25) is 0 Å². The van der Waals surface area contributed by atoms with Crippen molar-refractivity contribution in [2.75, 3.05) is 26.9 Å². The molecule has 0 spiro atoms. The van der Waals surface area contributed by atoms with Gasteiger partial charge in [0.05, 0.1) is 19.1 Å². The van der Waals surface area contributed by atoms with Gasteiger partial charge in [-0.2, -0.15) is 0 Å². The number of rotatable bonds is 8. The van der Waals surface area contributed by atoms with E-state index in [1.54, 1.807) is 13.3 Å². The zero-order chi connectivity index (χ0) is 14.4. The fourth-order valence-electron chi connectivity index (χ4n) is 1.94. The number of aryl methyl sites for hydroxylation is 1. The highest BCUT2D eigenvalue weighted by Crippen LogP contribution is 2.19. The molecule has 0 saturated carbocycles. The van der Waals surface area contributed by atoms with Gasteiger partial charge in [0.15, 0.2) is 5.65 Å². The molecule has 110 valence electrons. The number of imidazole rings is 1. The Hall–Kier alpha value is -0.690. The van der Waals surface area contributed by atoms with Crippen molar-refractivity contribution >= 4 is 38.7 Å². The molecule has 0 saturated heterocycles. The predicted molar refractivity (Wildman–Crippen MR) is 82.1 cm³/mol. The van der Waals surface area contributed by atoms with Crippen molar-refractivity contribution in [3.8, 4) is 0 Å². The van der Waals surface area contributed by atoms with E-state index in [0.717, 1.165) is 34.4 Å². The minimum Gasteiger partial charge on any atom is -0.382 e. The number of halogens is 2. The van der Waals surface area contributed by atoms with Crippen LogP contribution in [0.15, 0.2) is 16.7 Å². The van der Waals surface area contributed by atoms with E-state index in [2.05, 4.69) is 30.5 Å². The van der Waals surface area contributed by atoms with Crippen LogP contribution < -0.4 is 0 Å². The number of fused-ring (bicyclic) bond motifs is 1. The van der Waals surface area contributed by atoms with E-state index in [0.29, 0.717) is 25.7 Å². The third-order valence-corrected chi connectivity index (χ3v) is 3.53. The highest BCUT2D eigenvalue weighted by molar-refractivity contribution is 9.10. The van der Waals surface area contributed by atoms with Crippen LogP contribution in [0.4, 0.5) is 0 Å². The largest absolute Gasteiger partial charge is 0.382 e. The molecule has 0 unspecified atom stereocenters. The van der Waals surface area contributed by atoms with Gasteiger partial charge in [-0.1, -0.05) is 0 Å². The predicted octanol–water partition coefficient (Wildman–Crippen LogP) is 2.99. The second kappa shape index (κ2) is 7.93. The van der Waals surface area contributed by atoms with Crippen LogP contribution in [0.25, 0.3) is 11.2 Å². The van der Waals surface area contributed by atoms with E-state index in [1.807, 2.05) is 6.07 Å². The number of hydrogen-bond acceptors (Lipinski definition) is 4. The molecule has 0 aromatic carbocycles. The average molecular weight is 363 g/mol. The lowest BCUT2D eigenvalue weighted by Gasteiger charge is -2.07. The van der Waals surface area contributed by atoms with Gasteiger partial charge >= 0.3 is 0 Å². The number of ether oxygens (including phenoxy) is 2. The number of aromatic nitrogens is 3. The molecule has 2 rings (SSSR count). The van der Waals surface area contributed by atoms with Gasteiger partial charge in [0.25, 0.3) is 0 Å². The molecule has 0 fully saturated rings. The summed E-state index contributed by atoms with van der Waals surface area (Å²) in [5, 5.41) is 0. The third kappa shape index (κ3) is 3.91. The first kappa shape index (κ1) is 15.7. The van der Waals surface area contributed by atoms with Crippen molar-refractivity contribution in [3.05, 3.63) is 22.6 Å². The Balaban J connectivity index is 2.01. The van der Waals surface area contributed by atoms with Crippen LogP contribution in [0.2, 0.25) is 0 Å². The highest BCUT2D eigenvalue weighted by Gasteiger charge is 2.11. The van der Waals surface area contributed by atoms with Gasteiger partial charge < -0.3 is 14.0 Å². The molecule has 0 atom stereocenters. The monoisotopic (exact) mass is 361 g/mol. The van der Waals surface area contributed by atoms with Gasteiger partial charge in [-0.15, -0.1) is 11.6 Å². The normalized spacial score (nSPS) is 11.3. The summed E-state index contributed by atoms with van der Waals surface area (Å²) in [4.78, 5) is 8.91. The first-order valence-electron chi connectivity index (χ1n) is 6.39. The minimum absolute atomic E-state index is 0.374. The lowest BCUT2D eigenvalue weighted by Crippen LogP contribution is -2.08. The lowest BCUT2D eigenvalue weighted by molar-refractivity contribution is 0.0680. The maximum Gasteiger partial charge on any atom is 0.160 e. The minimum atomic E-state index is 0.374. The van der Waals surface area contributed by atoms with Crippen molar-refractivity contribution < 1.29 is 9.47 Å². The van der Waals surface area contributed by atoms with Crippen LogP contribution in [0.1, 0.15) is 12.2 Å². The second-order valence-electron chi connectivity index (χ2n) is 4.27. The molecule has 2 heterocycles. The fourth-order valence-corrected chi connectivity index (χ4v) is 2.46. The molecule has 2 aromatic heterocycles. The second-order valence-corrected chi connectivity index (χ2v) is 5.45. The molecule has 0 aliphatic carbocycles. The van der Waals surface area contributed by atoms with E-state index in [4.69, 9.17) is 21.1 Å². The average Bonchev–Trinajstić information content (AvgIpc) is 2.79. The lowest BCUT2D eigenvalue weighted by atomic mass is 10.4. The number of nitrogens with zero attached hydrogens (tertiary/aromatic N) is 3. The number of hydrogen-bond donors (Lipinski definition) is 0. The Kier molecular flexibility index (Phi) is 6.22. The summed E-state index contributed by atoms with van der Waals surface area (Å²) >= 11 is 9.35. The summed E-state index contributed by atoms with van der Waals surface area (Å²) in [7, 11) is 1.66. The number of methoxy groups -OCH3 is 1. The van der Waals surface area contributed by atoms with Gasteiger partial charge in [0, 0.05) is 30.9 Å². The zero-order valence-corrected chi connectivity index (χ0v) is 13.7. The van der Waals surface area contributed by atoms with Gasteiger partial charge in [0.2, 0.25) is 0 Å². The Morgan fingerprint density at radius 1 is 1.35 bits per heavy atom. The van der Waals surface area contributed by atoms with Crippen molar-refractivity contribution in [2.24, 2.45) is 0 Å². The van der Waals surface area contributed by atoms with Crippen LogP contribution in [-0.2, 0) is 21.9 Å². The standard InChI is InChI=1S/C13H17BrClN3O2/c1-19-5-6-20-4-2-3-18-12(8-15)17-11-7-10(14)9-16-13(11)18/h7,9H,2-6,8H2,1H3. The Morgan fingerprint density at radius 3 is 2.95 bits per heavy atom. The molecule has 7 heteroatoms. The van der Waals surface area contributed by atoms with Crippen LogP contribution >= 0.6 is 27.5 Å². The molecule has 0 aliphatic rings. The molecule has 0 amide bonds. The third-order valence-electron chi connectivity index (χ3n) is 2.85. The zero-order valence-electron chi connectivity index (χ0n) is 11.3. The topological polar surface area (TPSA) is 49.2 Å². The maximum absolute atomic E-state index is 5.95. The summed E-state index contributed by atoms with van der Waals surface area (Å²) in [5.74, 6) is 1.21. The molecule has 5 nitrogen and oxygen atoms in total. The van der Waals surface area contributed by atoms with Gasteiger partial charge in [-0.05, 0) is 28.4 Å². The molecule has 0 bridgehead atoms. The van der Waals surface area contributed by atoms with E-state index in [-0.39, 0.29) is 0 Å². The molecule has 0 N–H and O–H groups in total. The number of pyridine rings is 1. The molecule has 0 radical (unpaired) electrons. The number of alkyl halides is 1. The smallest absolute Gasteiger partial charge is 0.160 e. The van der Waals surface area contributed by atoms with E-state index in [1.165, 1.54) is 0 Å². The van der Waals surface area contributed by atoms with Gasteiger partial charge in [0.1, 0.15) is 11.3 Å². The van der Waals surface area contributed by atoms with Crippen LogP contribution in [0, 0.1) is 0 Å². The van der Waals surface area contributed by atoms with E-state index in [9.17, 15) is 0 Å². The van der Waals surface area contributed by atoms with Crippen LogP contribution in [-0.4, -0.2) is 41.5 Å². The van der Waals surface area contributed by atoms with E-state index >= 15 is 0 Å². The summed E-state index contributed by atoms with van der Waals surface area (Å²) in [6.45, 7) is 2.71. The fraction of sp³-hybridized carbons (Fsp3) is 0.538. The highest BCUT2D eigenvalue weighted by atomic mass is 79.9. The Bertz CT molecular complexity index is 562. The van der Waals surface area contributed by atoms with Crippen molar-refractivity contribution in [2.45, 2.75) is 18.8 Å². The first-order chi connectivity index (χ1) is 9.76. The summed E-state index contributed by atoms with van der Waals surface area (Å²) in [6.07, 6.45) is 2.66. The molecular weight excluding hydrogens is 346 g/mol. The SMILES string of the molecule is COCCOCCCn1c(CCl)nc2cc(Br)cnc21. The van der Waals surface area contributed by atoms with Crippen LogP contribution in [0.3, 0.4) is 0 Å². The van der Waals surface area contributed by atoms with E-state index < -0.39 is 0 Å². The van der Waals surface area contributed by atoms with Crippen molar-refractivity contribution in [3.63, 3.8) is 0 Å². The first-order valence-corrected chi connectivity index (χ1v) is 7.72. The molecular formula is C13H17BrClN3O2. The molecule has 20 heavy (non-hydrogen) atoms. The summed E-state index contributed by atoms with van der Waals surface area (Å²) in [5.41, 5.74) is 1.72. The van der Waals surface area contributed by atoms with Crippen molar-refractivity contribution in [1.29, 1.82) is 0 Å². The Morgan fingerprint density at radius 2 is 2.20 bits per heavy atom. The molecule has 0 aliphatic heterocycles. The quantitative estimate of drug-likeness (QED) is 0.535. The van der Waals surface area contributed by atoms with Crippen molar-refractivity contribution in [1.82, 2.24) is 14.5 Å². The Labute approximate surface area is 131 Å². The summed E-state index contributed by atoms with van der Waals surface area (Å²) in [6, 6.07) is 1.95. The van der Waals surface area contributed by atoms with Crippen LogP contribution in [0.5, 0.6) is 0 Å². The summed E-state index contributed by atoms with van der Waals surface area (Å²) < 4.78 is 13.4. The maximum atomic E-state index is 5.95.